The Bertz CT molecular complexity index is 237. The average Bonchev–Trinajstić information content (AvgIpc) is 1.95. The molecule has 54 valence electrons. The fourth-order valence-corrected chi connectivity index (χ4v) is 0.839. The van der Waals surface area contributed by atoms with Gasteiger partial charge in [0.2, 0.25) is 0 Å². The molecule has 3 heteroatoms. The van der Waals surface area contributed by atoms with Gasteiger partial charge in [-0.05, 0) is 17.7 Å². The molecule has 0 saturated heterocycles. The number of nitrogen functional groups attached to an aromatic ring is 1. The van der Waals surface area contributed by atoms with E-state index >= 15 is 0 Å². The SMILES string of the molecule is Nc1ccc(CCl)cc1O. The number of rotatable bonds is 1. The summed E-state index contributed by atoms with van der Waals surface area (Å²) in [6.45, 7) is 0. The minimum atomic E-state index is 0.0955. The van der Waals surface area contributed by atoms with Crippen LogP contribution in [0.3, 0.4) is 0 Å². The van der Waals surface area contributed by atoms with E-state index in [1.165, 1.54) is 0 Å². The number of hydrogen-bond donors (Lipinski definition) is 2. The van der Waals surface area contributed by atoms with Crippen molar-refractivity contribution in [1.29, 1.82) is 0 Å². The van der Waals surface area contributed by atoms with Crippen LogP contribution in [0.15, 0.2) is 18.2 Å². The number of anilines is 1. The van der Waals surface area contributed by atoms with E-state index in [2.05, 4.69) is 0 Å². The van der Waals surface area contributed by atoms with E-state index in [9.17, 15) is 0 Å². The summed E-state index contributed by atoms with van der Waals surface area (Å²) in [6.07, 6.45) is 0. The van der Waals surface area contributed by atoms with Crippen LogP contribution in [0.5, 0.6) is 5.75 Å². The Morgan fingerprint density at radius 3 is 2.70 bits per heavy atom. The molecule has 0 radical (unpaired) electrons. The zero-order valence-electron chi connectivity index (χ0n) is 5.34. The number of nitrogens with two attached hydrogens (primary N) is 1. The highest BCUT2D eigenvalue weighted by atomic mass is 35.5. The van der Waals surface area contributed by atoms with Crippen molar-refractivity contribution >= 4 is 17.3 Å². The van der Waals surface area contributed by atoms with Gasteiger partial charge < -0.3 is 10.8 Å². The molecule has 0 spiro atoms. The molecule has 0 heterocycles. The summed E-state index contributed by atoms with van der Waals surface area (Å²) in [7, 11) is 0. The fourth-order valence-electron chi connectivity index (χ4n) is 0.672. The maximum absolute atomic E-state index is 9.05. The predicted octanol–water partition coefficient (Wildman–Crippen LogP) is 1.71. The summed E-state index contributed by atoms with van der Waals surface area (Å²) in [4.78, 5) is 0. The van der Waals surface area contributed by atoms with Crippen LogP contribution < -0.4 is 5.73 Å². The van der Waals surface area contributed by atoms with E-state index in [0.717, 1.165) is 5.56 Å². The molecule has 0 unspecified atom stereocenters. The van der Waals surface area contributed by atoms with Crippen LogP contribution >= 0.6 is 11.6 Å². The summed E-state index contributed by atoms with van der Waals surface area (Å²) in [5, 5.41) is 9.05. The van der Waals surface area contributed by atoms with E-state index in [-0.39, 0.29) is 5.75 Å². The number of halogens is 1. The van der Waals surface area contributed by atoms with Crippen molar-refractivity contribution in [2.75, 3.05) is 5.73 Å². The van der Waals surface area contributed by atoms with Crippen LogP contribution in [0.4, 0.5) is 5.69 Å². The van der Waals surface area contributed by atoms with Crippen LogP contribution in [-0.2, 0) is 5.88 Å². The number of hydrogen-bond acceptors (Lipinski definition) is 2. The normalized spacial score (nSPS) is 9.70. The first-order valence-corrected chi connectivity index (χ1v) is 3.41. The summed E-state index contributed by atoms with van der Waals surface area (Å²) in [5.41, 5.74) is 6.60. The van der Waals surface area contributed by atoms with E-state index in [4.69, 9.17) is 22.4 Å². The van der Waals surface area contributed by atoms with Crippen molar-refractivity contribution in [1.82, 2.24) is 0 Å². The first-order valence-electron chi connectivity index (χ1n) is 2.87. The number of phenolic OH excluding ortho intramolecular Hbond substituents is 1. The van der Waals surface area contributed by atoms with Gasteiger partial charge in [0.05, 0.1) is 5.69 Å². The third-order valence-electron chi connectivity index (χ3n) is 1.25. The van der Waals surface area contributed by atoms with Crippen molar-refractivity contribution in [2.45, 2.75) is 5.88 Å². The van der Waals surface area contributed by atoms with Gasteiger partial charge in [-0.25, -0.2) is 0 Å². The molecule has 0 amide bonds. The van der Waals surface area contributed by atoms with Crippen molar-refractivity contribution in [3.8, 4) is 5.75 Å². The zero-order chi connectivity index (χ0) is 7.56. The predicted molar refractivity (Wildman–Crippen MR) is 42.1 cm³/mol. The topological polar surface area (TPSA) is 46.2 Å². The Morgan fingerprint density at radius 1 is 1.50 bits per heavy atom. The molecular weight excluding hydrogens is 150 g/mol. The largest absolute Gasteiger partial charge is 0.506 e. The fraction of sp³-hybridized carbons (Fsp3) is 0.143. The maximum Gasteiger partial charge on any atom is 0.138 e. The molecule has 0 aliphatic rings. The maximum atomic E-state index is 9.05. The van der Waals surface area contributed by atoms with Crippen molar-refractivity contribution in [3.05, 3.63) is 23.8 Å². The Labute approximate surface area is 64.2 Å². The molecule has 1 rings (SSSR count). The van der Waals surface area contributed by atoms with Crippen molar-refractivity contribution in [2.24, 2.45) is 0 Å². The lowest BCUT2D eigenvalue weighted by Crippen LogP contribution is -1.86. The molecule has 0 aromatic heterocycles. The van der Waals surface area contributed by atoms with Crippen molar-refractivity contribution in [3.63, 3.8) is 0 Å². The zero-order valence-corrected chi connectivity index (χ0v) is 6.10. The van der Waals surface area contributed by atoms with Gasteiger partial charge in [-0.3, -0.25) is 0 Å². The van der Waals surface area contributed by atoms with Gasteiger partial charge in [0.25, 0.3) is 0 Å². The third kappa shape index (κ3) is 1.33. The summed E-state index contributed by atoms with van der Waals surface area (Å²) >= 11 is 5.50. The molecule has 10 heavy (non-hydrogen) atoms. The molecule has 1 aromatic rings. The van der Waals surface area contributed by atoms with Crippen LogP contribution in [0.2, 0.25) is 0 Å². The molecule has 0 bridgehead atoms. The second-order valence-corrected chi connectivity index (χ2v) is 2.29. The average molecular weight is 158 g/mol. The van der Waals surface area contributed by atoms with Crippen LogP contribution in [0.25, 0.3) is 0 Å². The molecule has 2 nitrogen and oxygen atoms in total. The van der Waals surface area contributed by atoms with E-state index in [1.54, 1.807) is 18.2 Å². The molecule has 0 aliphatic carbocycles. The lowest BCUT2D eigenvalue weighted by Gasteiger charge is -1.99. The Morgan fingerprint density at radius 2 is 2.20 bits per heavy atom. The van der Waals surface area contributed by atoms with E-state index in [1.807, 2.05) is 0 Å². The highest BCUT2D eigenvalue weighted by Crippen LogP contribution is 2.21. The molecule has 0 fully saturated rings. The van der Waals surface area contributed by atoms with E-state index in [0.29, 0.717) is 11.6 Å². The van der Waals surface area contributed by atoms with Gasteiger partial charge in [0.1, 0.15) is 5.75 Å². The number of aromatic hydroxyl groups is 1. The molecule has 0 saturated carbocycles. The van der Waals surface area contributed by atoms with Crippen LogP contribution in [0.1, 0.15) is 5.56 Å². The second kappa shape index (κ2) is 2.80. The smallest absolute Gasteiger partial charge is 0.138 e. The Kier molecular flexibility index (Phi) is 2.02. The van der Waals surface area contributed by atoms with Gasteiger partial charge in [0.15, 0.2) is 0 Å². The van der Waals surface area contributed by atoms with Gasteiger partial charge in [-0.15, -0.1) is 11.6 Å². The van der Waals surface area contributed by atoms with Gasteiger partial charge in [0, 0.05) is 5.88 Å². The van der Waals surface area contributed by atoms with Crippen LogP contribution in [-0.4, -0.2) is 5.11 Å². The lowest BCUT2D eigenvalue weighted by atomic mass is 10.2. The van der Waals surface area contributed by atoms with Gasteiger partial charge in [-0.2, -0.15) is 0 Å². The van der Waals surface area contributed by atoms with Crippen LogP contribution in [0, 0.1) is 0 Å². The Balaban J connectivity index is 3.04. The minimum Gasteiger partial charge on any atom is -0.506 e. The van der Waals surface area contributed by atoms with Crippen molar-refractivity contribution < 1.29 is 5.11 Å². The number of phenols is 1. The second-order valence-electron chi connectivity index (χ2n) is 2.03. The third-order valence-corrected chi connectivity index (χ3v) is 1.56. The first kappa shape index (κ1) is 7.22. The standard InChI is InChI=1S/C7H8ClNO/c8-4-5-1-2-6(9)7(10)3-5/h1-3,10H,4,9H2. The molecule has 3 N–H and O–H groups in total. The Hall–Kier alpha value is -0.890. The summed E-state index contributed by atoms with van der Waals surface area (Å²) in [6, 6.07) is 4.97. The highest BCUT2D eigenvalue weighted by molar-refractivity contribution is 6.17. The molecule has 0 atom stereocenters. The summed E-state index contributed by atoms with van der Waals surface area (Å²) < 4.78 is 0. The lowest BCUT2D eigenvalue weighted by molar-refractivity contribution is 0.477. The number of alkyl halides is 1. The molecule has 1 aromatic carbocycles. The minimum absolute atomic E-state index is 0.0955. The highest BCUT2D eigenvalue weighted by Gasteiger charge is 1.96. The monoisotopic (exact) mass is 157 g/mol. The molecular formula is C7H8ClNO. The summed E-state index contributed by atoms with van der Waals surface area (Å²) in [5.74, 6) is 0.492. The first-order chi connectivity index (χ1) is 4.74. The quantitative estimate of drug-likeness (QED) is 0.371. The molecule has 0 aliphatic heterocycles. The van der Waals surface area contributed by atoms with E-state index < -0.39 is 0 Å². The number of benzene rings is 1. The van der Waals surface area contributed by atoms with Gasteiger partial charge >= 0.3 is 0 Å². The van der Waals surface area contributed by atoms with Gasteiger partial charge in [-0.1, -0.05) is 6.07 Å².